The van der Waals surface area contributed by atoms with E-state index in [2.05, 4.69) is 11.1 Å². The van der Waals surface area contributed by atoms with Crippen LogP contribution >= 0.6 is 0 Å². The molecule has 0 spiro atoms. The summed E-state index contributed by atoms with van der Waals surface area (Å²) in [5.74, 6) is 0.0346. The standard InChI is InChI=1S/C18H27N3O2/c1-20(2)12-6-10-17(22)21(13-14-23-3)16-9-4-7-15-8-5-11-19-18(15)16/h5-6,8,10-11,16H,4,7,9,12-14H2,1-3H3/b10-6+. The van der Waals surface area contributed by atoms with Gasteiger partial charge in [0.15, 0.2) is 0 Å². The monoisotopic (exact) mass is 317 g/mol. The van der Waals surface area contributed by atoms with E-state index in [1.165, 1.54) is 5.56 Å². The molecule has 0 N–H and O–H groups in total. The number of carbonyl (C=O) groups excluding carboxylic acids is 1. The summed E-state index contributed by atoms with van der Waals surface area (Å²) >= 11 is 0. The molecule has 1 aliphatic rings. The molecule has 0 aliphatic heterocycles. The van der Waals surface area contributed by atoms with Crippen molar-refractivity contribution >= 4 is 5.91 Å². The van der Waals surface area contributed by atoms with Gasteiger partial charge in [0.1, 0.15) is 0 Å². The summed E-state index contributed by atoms with van der Waals surface area (Å²) in [6.45, 7) is 1.87. The molecule has 2 rings (SSSR count). The Morgan fingerprint density at radius 1 is 1.48 bits per heavy atom. The Bertz CT molecular complexity index is 543. The van der Waals surface area contributed by atoms with Crippen LogP contribution in [-0.2, 0) is 16.0 Å². The molecule has 1 aromatic rings. The third kappa shape index (κ3) is 4.88. The number of hydrogen-bond acceptors (Lipinski definition) is 4. The molecule has 1 atom stereocenters. The van der Waals surface area contributed by atoms with Gasteiger partial charge in [0, 0.05) is 32.5 Å². The Morgan fingerprint density at radius 3 is 3.04 bits per heavy atom. The maximum absolute atomic E-state index is 12.7. The normalized spacial score (nSPS) is 17.5. The molecule has 0 radical (unpaired) electrons. The summed E-state index contributed by atoms with van der Waals surface area (Å²) in [5, 5.41) is 0. The molecule has 1 aliphatic carbocycles. The highest BCUT2D eigenvalue weighted by atomic mass is 16.5. The van der Waals surface area contributed by atoms with Gasteiger partial charge in [-0.05, 0) is 45.0 Å². The molecule has 1 unspecified atom stereocenters. The molecule has 5 heteroatoms. The number of methoxy groups -OCH3 is 1. The Balaban J connectivity index is 2.18. The predicted molar refractivity (Wildman–Crippen MR) is 91.2 cm³/mol. The molecule has 5 nitrogen and oxygen atoms in total. The van der Waals surface area contributed by atoms with Gasteiger partial charge in [-0.3, -0.25) is 9.78 Å². The lowest BCUT2D eigenvalue weighted by atomic mass is 9.90. The number of fused-ring (bicyclic) bond motifs is 1. The zero-order chi connectivity index (χ0) is 16.7. The Morgan fingerprint density at radius 2 is 2.30 bits per heavy atom. The highest BCUT2D eigenvalue weighted by Gasteiger charge is 2.29. The van der Waals surface area contributed by atoms with Crippen molar-refractivity contribution in [3.63, 3.8) is 0 Å². The van der Waals surface area contributed by atoms with Gasteiger partial charge in [-0.15, -0.1) is 0 Å². The smallest absolute Gasteiger partial charge is 0.246 e. The van der Waals surface area contributed by atoms with Crippen molar-refractivity contribution in [3.8, 4) is 0 Å². The van der Waals surface area contributed by atoms with E-state index in [1.807, 2.05) is 42.2 Å². The topological polar surface area (TPSA) is 45.7 Å². The lowest BCUT2D eigenvalue weighted by Crippen LogP contribution is -2.38. The van der Waals surface area contributed by atoms with Gasteiger partial charge < -0.3 is 14.5 Å². The number of aromatic nitrogens is 1. The lowest BCUT2D eigenvalue weighted by Gasteiger charge is -2.34. The number of carbonyl (C=O) groups is 1. The molecular formula is C18H27N3O2. The Kier molecular flexibility index (Phi) is 6.74. The predicted octanol–water partition coefficient (Wildman–Crippen LogP) is 2.05. The molecule has 1 heterocycles. The first-order valence-corrected chi connectivity index (χ1v) is 8.18. The molecule has 0 saturated carbocycles. The fourth-order valence-corrected chi connectivity index (χ4v) is 2.96. The van der Waals surface area contributed by atoms with Crippen LogP contribution < -0.4 is 0 Å². The first-order valence-electron chi connectivity index (χ1n) is 8.18. The van der Waals surface area contributed by atoms with Gasteiger partial charge in [-0.1, -0.05) is 12.1 Å². The van der Waals surface area contributed by atoms with Gasteiger partial charge in [-0.25, -0.2) is 0 Å². The van der Waals surface area contributed by atoms with Crippen molar-refractivity contribution in [3.05, 3.63) is 41.7 Å². The average Bonchev–Trinajstić information content (AvgIpc) is 2.55. The van der Waals surface area contributed by atoms with E-state index in [4.69, 9.17) is 4.74 Å². The molecule has 0 bridgehead atoms. The molecular weight excluding hydrogens is 290 g/mol. The van der Waals surface area contributed by atoms with E-state index in [0.29, 0.717) is 13.2 Å². The highest BCUT2D eigenvalue weighted by Crippen LogP contribution is 2.32. The summed E-state index contributed by atoms with van der Waals surface area (Å²) in [4.78, 5) is 21.2. The van der Waals surface area contributed by atoms with E-state index in [9.17, 15) is 4.79 Å². The van der Waals surface area contributed by atoms with E-state index < -0.39 is 0 Å². The maximum Gasteiger partial charge on any atom is 0.246 e. The van der Waals surface area contributed by atoms with E-state index >= 15 is 0 Å². The minimum absolute atomic E-state index is 0.0346. The van der Waals surface area contributed by atoms with Crippen molar-refractivity contribution in [1.82, 2.24) is 14.8 Å². The number of nitrogens with zero attached hydrogens (tertiary/aromatic N) is 3. The Hall–Kier alpha value is -1.72. The molecule has 1 aromatic heterocycles. The summed E-state index contributed by atoms with van der Waals surface area (Å²) < 4.78 is 5.20. The van der Waals surface area contributed by atoms with Gasteiger partial charge >= 0.3 is 0 Å². The second-order valence-corrected chi connectivity index (χ2v) is 6.14. The number of amides is 1. The number of hydrogen-bond donors (Lipinski definition) is 0. The summed E-state index contributed by atoms with van der Waals surface area (Å²) in [6, 6.07) is 4.14. The number of likely N-dealkylation sites (N-methyl/N-ethyl adjacent to an activating group) is 1. The average molecular weight is 317 g/mol. The number of rotatable bonds is 7. The number of aryl methyl sites for hydroxylation is 1. The second-order valence-electron chi connectivity index (χ2n) is 6.14. The van der Waals surface area contributed by atoms with Crippen LogP contribution in [0.25, 0.3) is 0 Å². The van der Waals surface area contributed by atoms with Crippen LogP contribution in [0, 0.1) is 0 Å². The molecule has 0 saturated heterocycles. The fourth-order valence-electron chi connectivity index (χ4n) is 2.96. The minimum Gasteiger partial charge on any atom is -0.383 e. The van der Waals surface area contributed by atoms with E-state index in [0.717, 1.165) is 31.5 Å². The number of ether oxygens (including phenoxy) is 1. The summed E-state index contributed by atoms with van der Waals surface area (Å²) in [5.41, 5.74) is 2.31. The third-order valence-electron chi connectivity index (χ3n) is 4.09. The van der Waals surface area contributed by atoms with E-state index in [1.54, 1.807) is 13.2 Å². The summed E-state index contributed by atoms with van der Waals surface area (Å²) in [7, 11) is 5.63. The van der Waals surface area contributed by atoms with Gasteiger partial charge in [0.2, 0.25) is 5.91 Å². The SMILES string of the molecule is COCCN(C(=O)/C=C/CN(C)C)C1CCCc2cccnc21. The van der Waals surface area contributed by atoms with Crippen molar-refractivity contribution in [2.45, 2.75) is 25.3 Å². The van der Waals surface area contributed by atoms with Crippen molar-refractivity contribution in [2.75, 3.05) is 40.9 Å². The minimum atomic E-state index is 0.0346. The molecule has 126 valence electrons. The molecule has 0 aromatic carbocycles. The van der Waals surface area contributed by atoms with Crippen LogP contribution in [-0.4, -0.2) is 61.6 Å². The van der Waals surface area contributed by atoms with Crippen LogP contribution in [0.4, 0.5) is 0 Å². The fraction of sp³-hybridized carbons (Fsp3) is 0.556. The highest BCUT2D eigenvalue weighted by molar-refractivity contribution is 5.88. The van der Waals surface area contributed by atoms with Crippen LogP contribution in [0.5, 0.6) is 0 Å². The van der Waals surface area contributed by atoms with Gasteiger partial charge in [-0.2, -0.15) is 0 Å². The first kappa shape index (κ1) is 17.6. The molecule has 23 heavy (non-hydrogen) atoms. The van der Waals surface area contributed by atoms with Gasteiger partial charge in [0.25, 0.3) is 0 Å². The van der Waals surface area contributed by atoms with Crippen molar-refractivity contribution in [1.29, 1.82) is 0 Å². The molecule has 0 fully saturated rings. The third-order valence-corrected chi connectivity index (χ3v) is 4.09. The summed E-state index contributed by atoms with van der Waals surface area (Å²) in [6.07, 6.45) is 8.49. The lowest BCUT2D eigenvalue weighted by molar-refractivity contribution is -0.129. The Labute approximate surface area is 138 Å². The van der Waals surface area contributed by atoms with Gasteiger partial charge in [0.05, 0.1) is 18.3 Å². The quantitative estimate of drug-likeness (QED) is 0.722. The number of pyridine rings is 1. The van der Waals surface area contributed by atoms with Crippen molar-refractivity contribution in [2.24, 2.45) is 0 Å². The zero-order valence-corrected chi connectivity index (χ0v) is 14.4. The van der Waals surface area contributed by atoms with Crippen molar-refractivity contribution < 1.29 is 9.53 Å². The van der Waals surface area contributed by atoms with Crippen LogP contribution in [0.15, 0.2) is 30.5 Å². The first-order chi connectivity index (χ1) is 11.1. The van der Waals surface area contributed by atoms with Crippen LogP contribution in [0.2, 0.25) is 0 Å². The maximum atomic E-state index is 12.7. The van der Waals surface area contributed by atoms with Crippen LogP contribution in [0.1, 0.15) is 30.1 Å². The largest absolute Gasteiger partial charge is 0.383 e. The van der Waals surface area contributed by atoms with E-state index in [-0.39, 0.29) is 11.9 Å². The zero-order valence-electron chi connectivity index (χ0n) is 14.4. The molecule has 1 amide bonds. The van der Waals surface area contributed by atoms with Crippen LogP contribution in [0.3, 0.4) is 0 Å². The second kappa shape index (κ2) is 8.79.